The fourth-order valence-electron chi connectivity index (χ4n) is 1.69. The van der Waals surface area contributed by atoms with E-state index in [1.165, 1.54) is 11.9 Å². The maximum atomic E-state index is 5.62. The van der Waals surface area contributed by atoms with E-state index in [0.29, 0.717) is 0 Å². The van der Waals surface area contributed by atoms with E-state index in [9.17, 15) is 0 Å². The van der Waals surface area contributed by atoms with Gasteiger partial charge in [0.1, 0.15) is 6.33 Å². The lowest BCUT2D eigenvalue weighted by Crippen LogP contribution is -2.29. The van der Waals surface area contributed by atoms with Gasteiger partial charge in [0, 0.05) is 22.4 Å². The summed E-state index contributed by atoms with van der Waals surface area (Å²) in [4.78, 5) is 8.01. The van der Waals surface area contributed by atoms with Crippen LogP contribution in [0.4, 0.5) is 0 Å². The van der Waals surface area contributed by atoms with E-state index in [0.717, 1.165) is 15.6 Å². The second-order valence-electron chi connectivity index (χ2n) is 3.80. The maximum Gasteiger partial charge on any atom is 0.115 e. The van der Waals surface area contributed by atoms with E-state index in [2.05, 4.69) is 37.4 Å². The predicted octanol–water partition coefficient (Wildman–Crippen LogP) is 2.10. The van der Waals surface area contributed by atoms with Crippen LogP contribution >= 0.6 is 15.9 Å². The summed E-state index contributed by atoms with van der Waals surface area (Å²) in [6.07, 6.45) is 5.01. The van der Waals surface area contributed by atoms with Crippen molar-refractivity contribution in [2.75, 3.05) is 0 Å². The van der Waals surface area contributed by atoms with Gasteiger partial charge in [-0.1, -0.05) is 28.1 Å². The topological polar surface area (TPSA) is 63.8 Å². The third-order valence-corrected chi connectivity index (χ3v) is 3.23. The summed E-state index contributed by atoms with van der Waals surface area (Å²) in [5.74, 6) is 5.62. The Bertz CT molecular complexity index is 501. The molecule has 0 saturated heterocycles. The molecule has 17 heavy (non-hydrogen) atoms. The SMILES string of the molecule is Cc1ccc(C(NN)c2cncnc2)c(Br)c1. The quantitative estimate of drug-likeness (QED) is 0.672. The summed E-state index contributed by atoms with van der Waals surface area (Å²) in [6, 6.07) is 6.03. The van der Waals surface area contributed by atoms with Crippen LogP contribution in [0.25, 0.3) is 0 Å². The van der Waals surface area contributed by atoms with Crippen molar-refractivity contribution in [2.45, 2.75) is 13.0 Å². The monoisotopic (exact) mass is 292 g/mol. The number of aryl methyl sites for hydroxylation is 1. The van der Waals surface area contributed by atoms with Gasteiger partial charge in [0.25, 0.3) is 0 Å². The van der Waals surface area contributed by atoms with Crippen molar-refractivity contribution < 1.29 is 0 Å². The molecule has 0 aliphatic carbocycles. The Labute approximate surface area is 108 Å². The number of benzene rings is 1. The lowest BCUT2D eigenvalue weighted by Gasteiger charge is -2.17. The molecule has 0 radical (unpaired) electrons. The van der Waals surface area contributed by atoms with Gasteiger partial charge in [0.15, 0.2) is 0 Å². The smallest absolute Gasteiger partial charge is 0.115 e. The molecule has 3 N–H and O–H groups in total. The normalized spacial score (nSPS) is 12.4. The van der Waals surface area contributed by atoms with Crippen LogP contribution in [0.1, 0.15) is 22.7 Å². The van der Waals surface area contributed by atoms with Gasteiger partial charge >= 0.3 is 0 Å². The zero-order valence-corrected chi connectivity index (χ0v) is 11.0. The molecule has 1 aromatic carbocycles. The van der Waals surface area contributed by atoms with E-state index in [4.69, 9.17) is 5.84 Å². The molecule has 0 amide bonds. The van der Waals surface area contributed by atoms with Crippen LogP contribution in [-0.2, 0) is 0 Å². The summed E-state index contributed by atoms with van der Waals surface area (Å²) < 4.78 is 1.02. The minimum atomic E-state index is -0.119. The molecule has 5 heteroatoms. The van der Waals surface area contributed by atoms with Crippen molar-refractivity contribution in [2.24, 2.45) is 5.84 Å². The number of nitrogens with one attached hydrogen (secondary N) is 1. The Morgan fingerprint density at radius 3 is 2.59 bits per heavy atom. The standard InChI is InChI=1S/C12H13BrN4/c1-8-2-3-10(11(13)4-8)12(17-14)9-5-15-7-16-6-9/h2-7,12,17H,14H2,1H3. The second-order valence-corrected chi connectivity index (χ2v) is 4.65. The first-order chi connectivity index (χ1) is 8.22. The van der Waals surface area contributed by atoms with Crippen molar-refractivity contribution >= 4 is 15.9 Å². The number of halogens is 1. The van der Waals surface area contributed by atoms with E-state index in [1.54, 1.807) is 12.4 Å². The Kier molecular flexibility index (Phi) is 3.83. The van der Waals surface area contributed by atoms with E-state index >= 15 is 0 Å². The van der Waals surface area contributed by atoms with Crippen LogP contribution in [0.3, 0.4) is 0 Å². The van der Waals surface area contributed by atoms with Gasteiger partial charge in [0.2, 0.25) is 0 Å². The fourth-order valence-corrected chi connectivity index (χ4v) is 2.41. The van der Waals surface area contributed by atoms with Crippen molar-refractivity contribution in [3.63, 3.8) is 0 Å². The van der Waals surface area contributed by atoms with E-state index in [-0.39, 0.29) is 6.04 Å². The molecule has 1 unspecified atom stereocenters. The number of rotatable bonds is 3. The van der Waals surface area contributed by atoms with Crippen molar-refractivity contribution in [1.29, 1.82) is 0 Å². The highest BCUT2D eigenvalue weighted by Gasteiger charge is 2.15. The fraction of sp³-hybridized carbons (Fsp3) is 0.167. The van der Waals surface area contributed by atoms with Gasteiger partial charge in [-0.25, -0.2) is 15.4 Å². The number of nitrogens with zero attached hydrogens (tertiary/aromatic N) is 2. The predicted molar refractivity (Wildman–Crippen MR) is 70.1 cm³/mol. The van der Waals surface area contributed by atoms with Crippen LogP contribution in [0.2, 0.25) is 0 Å². The summed E-state index contributed by atoms with van der Waals surface area (Å²) in [5.41, 5.74) is 5.97. The second kappa shape index (κ2) is 5.35. The summed E-state index contributed by atoms with van der Waals surface area (Å²) in [6.45, 7) is 2.05. The minimum absolute atomic E-state index is 0.119. The lowest BCUT2D eigenvalue weighted by molar-refractivity contribution is 0.629. The highest BCUT2D eigenvalue weighted by molar-refractivity contribution is 9.10. The third kappa shape index (κ3) is 2.69. The van der Waals surface area contributed by atoms with Crippen LogP contribution < -0.4 is 11.3 Å². The molecule has 0 fully saturated rings. The molecule has 88 valence electrons. The Balaban J connectivity index is 2.42. The number of aromatic nitrogens is 2. The first-order valence-corrected chi connectivity index (χ1v) is 5.98. The Morgan fingerprint density at radius 2 is 2.00 bits per heavy atom. The van der Waals surface area contributed by atoms with E-state index < -0.39 is 0 Å². The summed E-state index contributed by atoms with van der Waals surface area (Å²) in [5, 5.41) is 0. The molecule has 0 saturated carbocycles. The molecular weight excluding hydrogens is 280 g/mol. The Morgan fingerprint density at radius 1 is 1.29 bits per heavy atom. The van der Waals surface area contributed by atoms with Crippen LogP contribution in [0.15, 0.2) is 41.4 Å². The largest absolute Gasteiger partial charge is 0.271 e. The molecule has 0 bridgehead atoms. The zero-order valence-electron chi connectivity index (χ0n) is 9.39. The molecule has 2 aromatic rings. The van der Waals surface area contributed by atoms with Gasteiger partial charge < -0.3 is 0 Å². The van der Waals surface area contributed by atoms with Crippen LogP contribution in [0, 0.1) is 6.92 Å². The van der Waals surface area contributed by atoms with Gasteiger partial charge in [-0.15, -0.1) is 0 Å². The van der Waals surface area contributed by atoms with Crippen molar-refractivity contribution in [3.05, 3.63) is 58.1 Å². The maximum absolute atomic E-state index is 5.62. The average Bonchev–Trinajstić information content (AvgIpc) is 2.34. The highest BCUT2D eigenvalue weighted by Crippen LogP contribution is 2.28. The summed E-state index contributed by atoms with van der Waals surface area (Å²) >= 11 is 3.55. The third-order valence-electron chi connectivity index (χ3n) is 2.55. The summed E-state index contributed by atoms with van der Waals surface area (Å²) in [7, 11) is 0. The number of nitrogens with two attached hydrogens (primary N) is 1. The first kappa shape index (κ1) is 12.2. The molecule has 4 nitrogen and oxygen atoms in total. The molecule has 0 aliphatic rings. The Hall–Kier alpha value is -1.30. The molecular formula is C12H13BrN4. The molecule has 2 rings (SSSR count). The number of hydrogen-bond donors (Lipinski definition) is 2. The molecule has 1 aromatic heterocycles. The molecule has 0 aliphatic heterocycles. The zero-order chi connectivity index (χ0) is 12.3. The average molecular weight is 293 g/mol. The molecule has 1 atom stereocenters. The molecule has 1 heterocycles. The van der Waals surface area contributed by atoms with Crippen LogP contribution in [-0.4, -0.2) is 9.97 Å². The van der Waals surface area contributed by atoms with Gasteiger partial charge in [-0.3, -0.25) is 5.84 Å². The number of hydrogen-bond acceptors (Lipinski definition) is 4. The van der Waals surface area contributed by atoms with E-state index in [1.807, 2.05) is 19.1 Å². The minimum Gasteiger partial charge on any atom is -0.271 e. The van der Waals surface area contributed by atoms with Gasteiger partial charge in [-0.05, 0) is 24.1 Å². The van der Waals surface area contributed by atoms with Gasteiger partial charge in [0.05, 0.1) is 6.04 Å². The molecule has 0 spiro atoms. The van der Waals surface area contributed by atoms with Crippen LogP contribution in [0.5, 0.6) is 0 Å². The first-order valence-electron chi connectivity index (χ1n) is 5.19. The highest BCUT2D eigenvalue weighted by atomic mass is 79.9. The van der Waals surface area contributed by atoms with Crippen molar-refractivity contribution in [3.8, 4) is 0 Å². The number of hydrazine groups is 1. The van der Waals surface area contributed by atoms with Gasteiger partial charge in [-0.2, -0.15) is 0 Å². The van der Waals surface area contributed by atoms with Crippen molar-refractivity contribution in [1.82, 2.24) is 15.4 Å². The lowest BCUT2D eigenvalue weighted by atomic mass is 10.0.